The molecule has 6 aromatic heterocycles. The van der Waals surface area contributed by atoms with Gasteiger partial charge in [-0.3, -0.25) is 9.97 Å². The molecule has 1 aliphatic heterocycles. The van der Waals surface area contributed by atoms with Gasteiger partial charge in [0.05, 0.1) is 24.0 Å². The molecule has 21 heteroatoms. The molecule has 0 aromatic carbocycles. The SMILES string of the molecule is FC(F)(F)c1ncccc1CNc1nc(N2CCOCC2)nc2ncccc12.FC(F)Sc1nc(NCc2cccnc2C(F)(F)F)c2cccnc2n1. The predicted octanol–water partition coefficient (Wildman–Crippen LogP) is 7.25. The van der Waals surface area contributed by atoms with E-state index in [-0.39, 0.29) is 52.6 Å². The maximum atomic E-state index is 13.2. The summed E-state index contributed by atoms with van der Waals surface area (Å²) in [6.07, 6.45) is -3.90. The molecule has 0 radical (unpaired) electrons. The summed E-state index contributed by atoms with van der Waals surface area (Å²) in [7, 11) is 0. The van der Waals surface area contributed by atoms with Crippen LogP contribution in [0, 0.1) is 0 Å². The van der Waals surface area contributed by atoms with Crippen molar-refractivity contribution in [1.82, 2.24) is 39.9 Å². The van der Waals surface area contributed by atoms with E-state index in [1.807, 2.05) is 4.90 Å². The highest BCUT2D eigenvalue weighted by molar-refractivity contribution is 7.99. The summed E-state index contributed by atoms with van der Waals surface area (Å²) in [6, 6.07) is 12.2. The molecule has 1 aliphatic rings. The highest BCUT2D eigenvalue weighted by Gasteiger charge is 2.36. The van der Waals surface area contributed by atoms with Gasteiger partial charge in [0.2, 0.25) is 5.95 Å². The van der Waals surface area contributed by atoms with Crippen LogP contribution in [-0.2, 0) is 30.2 Å². The molecule has 1 fully saturated rings. The van der Waals surface area contributed by atoms with Crippen molar-refractivity contribution in [2.75, 3.05) is 41.8 Å². The topological polar surface area (TPSA) is 140 Å². The van der Waals surface area contributed by atoms with Gasteiger partial charge in [-0.2, -0.15) is 45.1 Å². The lowest BCUT2D eigenvalue weighted by Gasteiger charge is -2.27. The molecule has 0 saturated carbocycles. The van der Waals surface area contributed by atoms with Gasteiger partial charge in [0.25, 0.3) is 5.76 Å². The van der Waals surface area contributed by atoms with Crippen LogP contribution in [0.5, 0.6) is 0 Å². The molecule has 0 bridgehead atoms. The smallest absolute Gasteiger partial charge is 0.378 e. The van der Waals surface area contributed by atoms with Crippen LogP contribution < -0.4 is 15.5 Å². The minimum atomic E-state index is -4.61. The number of halogens is 8. The second-order valence-electron chi connectivity index (χ2n) is 11.2. The Kier molecular flexibility index (Phi) is 11.7. The fraction of sp³-hybridized carbons (Fsp3) is 0.273. The van der Waals surface area contributed by atoms with Gasteiger partial charge in [-0.25, -0.2) is 19.9 Å². The zero-order valence-electron chi connectivity index (χ0n) is 27.6. The summed E-state index contributed by atoms with van der Waals surface area (Å²) >= 11 is 0.129. The minimum absolute atomic E-state index is 0.0403. The van der Waals surface area contributed by atoms with Gasteiger partial charge in [-0.1, -0.05) is 12.1 Å². The Hall–Kier alpha value is -5.57. The summed E-state index contributed by atoms with van der Waals surface area (Å²) < 4.78 is 109. The van der Waals surface area contributed by atoms with Crippen LogP contribution in [0.4, 0.5) is 52.7 Å². The molecule has 6 aromatic rings. The zero-order valence-corrected chi connectivity index (χ0v) is 28.4. The predicted molar refractivity (Wildman–Crippen MR) is 183 cm³/mol. The molecule has 0 amide bonds. The van der Waals surface area contributed by atoms with Gasteiger partial charge in [0, 0.05) is 62.1 Å². The number of morpholine rings is 1. The van der Waals surface area contributed by atoms with Crippen molar-refractivity contribution in [2.45, 2.75) is 36.4 Å². The van der Waals surface area contributed by atoms with Crippen molar-refractivity contribution in [1.29, 1.82) is 0 Å². The van der Waals surface area contributed by atoms with E-state index in [2.05, 4.69) is 50.5 Å². The van der Waals surface area contributed by atoms with Gasteiger partial charge in [0.15, 0.2) is 16.5 Å². The first-order valence-corrected chi connectivity index (χ1v) is 16.8. The van der Waals surface area contributed by atoms with E-state index in [1.54, 1.807) is 30.5 Å². The number of fused-ring (bicyclic) bond motifs is 2. The number of anilines is 3. The first-order chi connectivity index (χ1) is 25.9. The Morgan fingerprint density at radius 2 is 1.13 bits per heavy atom. The number of nitrogens with zero attached hydrogens (tertiary/aromatic N) is 9. The maximum absolute atomic E-state index is 13.2. The third kappa shape index (κ3) is 9.50. The number of hydrogen-bond donors (Lipinski definition) is 2. The van der Waals surface area contributed by atoms with Gasteiger partial charge in [0.1, 0.15) is 23.0 Å². The van der Waals surface area contributed by atoms with E-state index in [0.717, 1.165) is 12.4 Å². The number of ether oxygens (including phenoxy) is 1. The molecule has 0 atom stereocenters. The fourth-order valence-electron chi connectivity index (χ4n) is 5.23. The van der Waals surface area contributed by atoms with Gasteiger partial charge >= 0.3 is 12.4 Å². The lowest BCUT2D eigenvalue weighted by molar-refractivity contribution is -0.142. The van der Waals surface area contributed by atoms with Crippen LogP contribution in [-0.4, -0.2) is 71.9 Å². The quantitative estimate of drug-likeness (QED) is 0.0867. The number of aromatic nitrogens is 8. The molecular weight excluding hydrogens is 750 g/mol. The van der Waals surface area contributed by atoms with Crippen molar-refractivity contribution in [3.05, 3.63) is 95.8 Å². The highest BCUT2D eigenvalue weighted by Crippen LogP contribution is 2.33. The normalized spacial score (nSPS) is 13.5. The van der Waals surface area contributed by atoms with E-state index in [9.17, 15) is 35.1 Å². The number of alkyl halides is 8. The number of nitrogens with one attached hydrogen (secondary N) is 2. The molecule has 0 spiro atoms. The van der Waals surface area contributed by atoms with Crippen molar-refractivity contribution in [3.63, 3.8) is 0 Å². The molecule has 54 heavy (non-hydrogen) atoms. The molecule has 2 N–H and O–H groups in total. The number of hydrogen-bond acceptors (Lipinski definition) is 13. The van der Waals surface area contributed by atoms with Crippen molar-refractivity contribution >= 4 is 51.4 Å². The number of rotatable bonds is 9. The lowest BCUT2D eigenvalue weighted by Crippen LogP contribution is -2.37. The number of thioether (sulfide) groups is 1. The Morgan fingerprint density at radius 3 is 1.65 bits per heavy atom. The maximum Gasteiger partial charge on any atom is 0.433 e. The summed E-state index contributed by atoms with van der Waals surface area (Å²) in [5, 5.41) is 6.56. The highest BCUT2D eigenvalue weighted by atomic mass is 32.2. The third-order valence-electron chi connectivity index (χ3n) is 7.61. The van der Waals surface area contributed by atoms with E-state index < -0.39 is 29.5 Å². The van der Waals surface area contributed by atoms with Gasteiger partial charge < -0.3 is 20.3 Å². The van der Waals surface area contributed by atoms with Crippen molar-refractivity contribution in [2.24, 2.45) is 0 Å². The van der Waals surface area contributed by atoms with Crippen LogP contribution in [0.3, 0.4) is 0 Å². The third-order valence-corrected chi connectivity index (χ3v) is 8.18. The molecule has 0 unspecified atom stereocenters. The van der Waals surface area contributed by atoms with Crippen molar-refractivity contribution in [3.8, 4) is 0 Å². The second kappa shape index (κ2) is 16.6. The average molecular weight is 778 g/mol. The van der Waals surface area contributed by atoms with Crippen LogP contribution in [0.15, 0.2) is 78.5 Å². The van der Waals surface area contributed by atoms with Crippen molar-refractivity contribution < 1.29 is 39.9 Å². The van der Waals surface area contributed by atoms with Gasteiger partial charge in [-0.05, 0) is 48.2 Å². The molecule has 1 saturated heterocycles. The average Bonchev–Trinajstić information content (AvgIpc) is 3.16. The molecule has 7 rings (SSSR count). The van der Waals surface area contributed by atoms with Crippen LogP contribution in [0.25, 0.3) is 22.1 Å². The summed E-state index contributed by atoms with van der Waals surface area (Å²) in [5.41, 5.74) is -1.35. The van der Waals surface area contributed by atoms with E-state index in [0.29, 0.717) is 54.5 Å². The zero-order chi connectivity index (χ0) is 38.3. The molecule has 12 nitrogen and oxygen atoms in total. The summed E-state index contributed by atoms with van der Waals surface area (Å²) in [4.78, 5) is 34.0. The lowest BCUT2D eigenvalue weighted by atomic mass is 10.2. The Balaban J connectivity index is 0.000000185. The molecular formula is C33H27F8N11OS. The summed E-state index contributed by atoms with van der Waals surface area (Å²) in [6.45, 7) is 2.08. The van der Waals surface area contributed by atoms with E-state index in [1.165, 1.54) is 30.5 Å². The van der Waals surface area contributed by atoms with E-state index >= 15 is 0 Å². The first-order valence-electron chi connectivity index (χ1n) is 15.9. The minimum Gasteiger partial charge on any atom is -0.378 e. The molecule has 7 heterocycles. The fourth-order valence-corrected chi connectivity index (χ4v) is 5.67. The molecule has 0 aliphatic carbocycles. The van der Waals surface area contributed by atoms with Crippen LogP contribution in [0.1, 0.15) is 22.5 Å². The first kappa shape index (κ1) is 38.2. The standard InChI is InChI=1S/C18H17F3N6O.C15H10F5N5S/c19-18(20,21)14-12(3-1-5-22-14)11-24-16-13-4-2-6-23-15(13)25-17(26-16)27-7-9-28-10-8-27;16-13(17)26-14-24-11-9(4-2-6-22-11)12(25-14)23-7-8-3-1-5-21-10(8)15(18,19)20/h1-6H,7-11H2,(H,23,24,25,26);1-6,13H,7H2,(H,22,23,24,25). The van der Waals surface area contributed by atoms with Crippen LogP contribution in [0.2, 0.25) is 0 Å². The van der Waals surface area contributed by atoms with E-state index in [4.69, 9.17) is 4.74 Å². The number of pyridine rings is 4. The van der Waals surface area contributed by atoms with Gasteiger partial charge in [-0.15, -0.1) is 0 Å². The summed E-state index contributed by atoms with van der Waals surface area (Å²) in [5.74, 6) is -1.72. The second-order valence-corrected chi connectivity index (χ2v) is 12.1. The molecule has 282 valence electrons. The Morgan fingerprint density at radius 1 is 0.648 bits per heavy atom. The Labute approximate surface area is 304 Å². The largest absolute Gasteiger partial charge is 0.433 e. The van der Waals surface area contributed by atoms with Crippen LogP contribution >= 0.6 is 11.8 Å². The Bertz CT molecular complexity index is 2210. The monoisotopic (exact) mass is 777 g/mol.